The van der Waals surface area contributed by atoms with E-state index in [1.807, 2.05) is 26.8 Å². The molecule has 0 fully saturated rings. The van der Waals surface area contributed by atoms with Crippen LogP contribution < -0.4 is 16.6 Å². The normalized spacial score (nSPS) is 11.3. The number of nitrogens with one attached hydrogen (secondary N) is 2. The van der Waals surface area contributed by atoms with Gasteiger partial charge in [0.25, 0.3) is 11.5 Å². The smallest absolute Gasteiger partial charge is 0.322 e. The van der Waals surface area contributed by atoms with E-state index in [0.29, 0.717) is 23.6 Å². The third kappa shape index (κ3) is 3.68. The van der Waals surface area contributed by atoms with Crippen LogP contribution in [0.4, 0.5) is 5.69 Å². The number of tetrazole rings is 1. The van der Waals surface area contributed by atoms with Crippen LogP contribution in [0, 0.1) is 6.92 Å². The van der Waals surface area contributed by atoms with E-state index in [-0.39, 0.29) is 22.5 Å². The number of aryl methyl sites for hydroxylation is 2. The lowest BCUT2D eigenvalue weighted by Crippen LogP contribution is -2.32. The molecule has 0 aliphatic carbocycles. The van der Waals surface area contributed by atoms with Gasteiger partial charge in [-0.1, -0.05) is 19.9 Å². The van der Waals surface area contributed by atoms with Crippen LogP contribution in [0.15, 0.2) is 40.2 Å². The highest BCUT2D eigenvalue weighted by molar-refractivity contribution is 6.12. The highest BCUT2D eigenvalue weighted by atomic mass is 16.2. The minimum atomic E-state index is -0.652. The van der Waals surface area contributed by atoms with Gasteiger partial charge in [0.2, 0.25) is 0 Å². The summed E-state index contributed by atoms with van der Waals surface area (Å²) in [5, 5.41) is 14.1. The van der Waals surface area contributed by atoms with E-state index in [1.54, 1.807) is 25.1 Å². The monoisotopic (exact) mass is 434 g/mol. The zero-order valence-corrected chi connectivity index (χ0v) is 18.1. The van der Waals surface area contributed by atoms with Crippen LogP contribution in [0.5, 0.6) is 0 Å². The molecule has 11 nitrogen and oxygen atoms in total. The first kappa shape index (κ1) is 21.1. The van der Waals surface area contributed by atoms with Crippen molar-refractivity contribution in [1.29, 1.82) is 0 Å². The molecule has 0 saturated heterocycles. The molecule has 0 unspecified atom stereocenters. The third-order valence-electron chi connectivity index (χ3n) is 5.18. The van der Waals surface area contributed by atoms with Crippen molar-refractivity contribution in [1.82, 2.24) is 34.7 Å². The summed E-state index contributed by atoms with van der Waals surface area (Å²) in [4.78, 5) is 45.0. The van der Waals surface area contributed by atoms with E-state index in [0.717, 1.165) is 5.56 Å². The molecule has 2 N–H and O–H groups in total. The van der Waals surface area contributed by atoms with E-state index in [9.17, 15) is 14.4 Å². The molecule has 3 aromatic heterocycles. The van der Waals surface area contributed by atoms with Crippen molar-refractivity contribution in [3.05, 3.63) is 68.3 Å². The second-order valence-corrected chi connectivity index (χ2v) is 7.66. The topological polar surface area (TPSA) is 140 Å². The lowest BCUT2D eigenvalue weighted by molar-refractivity contribution is 0.102. The van der Waals surface area contributed by atoms with Crippen LogP contribution >= 0.6 is 0 Å². The van der Waals surface area contributed by atoms with Crippen LogP contribution in [0.1, 0.15) is 48.3 Å². The molecular weight excluding hydrogens is 412 g/mol. The summed E-state index contributed by atoms with van der Waals surface area (Å²) < 4.78 is 2.84. The standard InChI is InChI=1S/C21H22N8O3/c1-5-28-18-17(20(31)25-21(28)32)14(9-15(24-18)11(2)3)19(30)23-13-7-6-12(4)16(8-13)29-10-22-26-27-29/h6-11H,5H2,1-4H3,(H,23,30)(H,25,31,32). The largest absolute Gasteiger partial charge is 0.329 e. The molecule has 0 atom stereocenters. The van der Waals surface area contributed by atoms with E-state index >= 15 is 0 Å². The van der Waals surface area contributed by atoms with Crippen LogP contribution in [0.2, 0.25) is 0 Å². The molecule has 0 aliphatic rings. The lowest BCUT2D eigenvalue weighted by Gasteiger charge is -2.14. The predicted molar refractivity (Wildman–Crippen MR) is 118 cm³/mol. The Hall–Kier alpha value is -4.15. The fraction of sp³-hybridized carbons (Fsp3) is 0.286. The molecule has 32 heavy (non-hydrogen) atoms. The molecule has 4 aromatic rings. The summed E-state index contributed by atoms with van der Waals surface area (Å²) in [6.07, 6.45) is 1.46. The maximum absolute atomic E-state index is 13.3. The Morgan fingerprint density at radius 2 is 2.00 bits per heavy atom. The van der Waals surface area contributed by atoms with Gasteiger partial charge in [0.1, 0.15) is 6.33 Å². The maximum atomic E-state index is 13.3. The van der Waals surface area contributed by atoms with Gasteiger partial charge in [-0.05, 0) is 54.0 Å². The van der Waals surface area contributed by atoms with Crippen molar-refractivity contribution in [3.63, 3.8) is 0 Å². The van der Waals surface area contributed by atoms with Gasteiger partial charge in [0, 0.05) is 17.9 Å². The fourth-order valence-corrected chi connectivity index (χ4v) is 3.47. The molecular formula is C21H22N8O3. The van der Waals surface area contributed by atoms with Gasteiger partial charge < -0.3 is 5.32 Å². The molecule has 1 aromatic carbocycles. The SMILES string of the molecule is CCn1c(=O)[nH]c(=O)c2c(C(=O)Nc3ccc(C)c(-n4cnnn4)c3)cc(C(C)C)nc21. The van der Waals surface area contributed by atoms with E-state index in [4.69, 9.17) is 0 Å². The number of H-pyrrole nitrogens is 1. The molecule has 0 aliphatic heterocycles. The third-order valence-corrected chi connectivity index (χ3v) is 5.18. The molecule has 0 saturated carbocycles. The van der Waals surface area contributed by atoms with Crippen molar-refractivity contribution in [2.24, 2.45) is 0 Å². The molecule has 11 heteroatoms. The number of nitrogens with zero attached hydrogens (tertiary/aromatic N) is 6. The van der Waals surface area contributed by atoms with Crippen molar-refractivity contribution < 1.29 is 4.79 Å². The molecule has 3 heterocycles. The summed E-state index contributed by atoms with van der Waals surface area (Å²) in [5.41, 5.74) is 1.84. The number of aromatic nitrogens is 7. The second kappa shape index (κ2) is 8.17. The first-order valence-electron chi connectivity index (χ1n) is 10.1. The molecule has 0 radical (unpaired) electrons. The number of hydrogen-bond acceptors (Lipinski definition) is 7. The Kier molecular flexibility index (Phi) is 5.39. The summed E-state index contributed by atoms with van der Waals surface area (Å²) >= 11 is 0. The number of aromatic amines is 1. The second-order valence-electron chi connectivity index (χ2n) is 7.66. The number of carbonyl (C=O) groups excluding carboxylic acids is 1. The van der Waals surface area contributed by atoms with E-state index < -0.39 is 17.2 Å². The van der Waals surface area contributed by atoms with Crippen molar-refractivity contribution >= 4 is 22.6 Å². The Morgan fingerprint density at radius 3 is 2.66 bits per heavy atom. The van der Waals surface area contributed by atoms with E-state index in [1.165, 1.54) is 15.6 Å². The van der Waals surface area contributed by atoms with Gasteiger partial charge in [-0.25, -0.2) is 14.5 Å². The van der Waals surface area contributed by atoms with Gasteiger partial charge in [0.05, 0.1) is 16.6 Å². The number of anilines is 1. The Labute approximate surface area is 182 Å². The minimum Gasteiger partial charge on any atom is -0.322 e. The molecule has 164 valence electrons. The van der Waals surface area contributed by atoms with Gasteiger partial charge in [-0.15, -0.1) is 5.10 Å². The van der Waals surface area contributed by atoms with Gasteiger partial charge in [-0.3, -0.25) is 19.1 Å². The summed E-state index contributed by atoms with van der Waals surface area (Å²) in [6.45, 7) is 7.83. The first-order valence-corrected chi connectivity index (χ1v) is 10.1. The highest BCUT2D eigenvalue weighted by Crippen LogP contribution is 2.23. The van der Waals surface area contributed by atoms with Crippen molar-refractivity contribution in [2.45, 2.75) is 40.2 Å². The number of rotatable bonds is 5. The van der Waals surface area contributed by atoms with Crippen LogP contribution in [0.3, 0.4) is 0 Å². The molecule has 0 bridgehead atoms. The predicted octanol–water partition coefficient (Wildman–Crippen LogP) is 1.76. The number of amides is 1. The zero-order chi connectivity index (χ0) is 23.0. The summed E-state index contributed by atoms with van der Waals surface area (Å²) in [5.74, 6) is -0.506. The van der Waals surface area contributed by atoms with Crippen molar-refractivity contribution in [2.75, 3.05) is 5.32 Å². The number of benzene rings is 1. The number of carbonyl (C=O) groups is 1. The quantitative estimate of drug-likeness (QED) is 0.488. The van der Waals surface area contributed by atoms with Gasteiger partial charge in [-0.2, -0.15) is 0 Å². The Morgan fingerprint density at radius 1 is 1.22 bits per heavy atom. The van der Waals surface area contributed by atoms with Crippen LogP contribution in [-0.4, -0.2) is 40.6 Å². The minimum absolute atomic E-state index is 0.0172. The lowest BCUT2D eigenvalue weighted by atomic mass is 10.0. The average molecular weight is 434 g/mol. The fourth-order valence-electron chi connectivity index (χ4n) is 3.47. The summed E-state index contributed by atoms with van der Waals surface area (Å²) in [6, 6.07) is 6.92. The molecule has 4 rings (SSSR count). The van der Waals surface area contributed by atoms with Gasteiger partial charge in [0.15, 0.2) is 5.65 Å². The molecule has 0 spiro atoms. The number of hydrogen-bond donors (Lipinski definition) is 2. The van der Waals surface area contributed by atoms with E-state index in [2.05, 4.69) is 30.8 Å². The molecule has 1 amide bonds. The average Bonchev–Trinajstić information content (AvgIpc) is 3.29. The number of pyridine rings is 1. The highest BCUT2D eigenvalue weighted by Gasteiger charge is 2.20. The first-order chi connectivity index (χ1) is 15.3. The maximum Gasteiger partial charge on any atom is 0.329 e. The van der Waals surface area contributed by atoms with Crippen LogP contribution in [-0.2, 0) is 6.54 Å². The number of fused-ring (bicyclic) bond motifs is 1. The van der Waals surface area contributed by atoms with Crippen molar-refractivity contribution in [3.8, 4) is 5.69 Å². The van der Waals surface area contributed by atoms with Gasteiger partial charge >= 0.3 is 5.69 Å². The Balaban J connectivity index is 1.85. The Bertz CT molecular complexity index is 1430. The summed E-state index contributed by atoms with van der Waals surface area (Å²) in [7, 11) is 0. The zero-order valence-electron chi connectivity index (χ0n) is 18.1. The van der Waals surface area contributed by atoms with Crippen LogP contribution in [0.25, 0.3) is 16.7 Å².